The SMILES string of the molecule is CCCN(CC(C)CN)C(=O)c1cncc(N)c1.N#Cc1ccc(Cl)c(Cc2ccccc2)c1. The molecule has 34 heavy (non-hydrogen) atoms. The maximum absolute atomic E-state index is 12.3. The number of rotatable bonds is 8. The first-order valence-electron chi connectivity index (χ1n) is 11.3. The number of aromatic nitrogens is 1. The summed E-state index contributed by atoms with van der Waals surface area (Å²) in [5, 5.41) is 9.54. The van der Waals surface area contributed by atoms with Crippen LogP contribution in [0.5, 0.6) is 0 Å². The molecule has 0 spiro atoms. The van der Waals surface area contributed by atoms with E-state index >= 15 is 0 Å². The van der Waals surface area contributed by atoms with E-state index in [0.717, 1.165) is 24.9 Å². The molecule has 2 aromatic carbocycles. The second-order valence-electron chi connectivity index (χ2n) is 8.18. The van der Waals surface area contributed by atoms with Crippen molar-refractivity contribution in [1.29, 1.82) is 5.26 Å². The highest BCUT2D eigenvalue weighted by Gasteiger charge is 2.17. The van der Waals surface area contributed by atoms with Crippen LogP contribution in [-0.2, 0) is 6.42 Å². The van der Waals surface area contributed by atoms with Gasteiger partial charge in [0.2, 0.25) is 0 Å². The van der Waals surface area contributed by atoms with Gasteiger partial charge in [0.05, 0.1) is 22.9 Å². The van der Waals surface area contributed by atoms with Gasteiger partial charge in [0.15, 0.2) is 0 Å². The average Bonchev–Trinajstić information content (AvgIpc) is 2.85. The van der Waals surface area contributed by atoms with Crippen LogP contribution in [0.2, 0.25) is 5.02 Å². The zero-order valence-electron chi connectivity index (χ0n) is 19.7. The number of anilines is 1. The standard InChI is InChI=1S/C14H10ClN.C13H22N4O/c15-14-7-6-12(10-16)9-13(14)8-11-4-2-1-3-5-11;1-3-4-17(9-10(2)6-14)13(18)11-5-12(15)8-16-7-11/h1-7,9H,8H2;5,7-8,10H,3-4,6,9,14-15H2,1-2H3. The van der Waals surface area contributed by atoms with Crippen LogP contribution in [0.1, 0.15) is 47.3 Å². The molecule has 1 atom stereocenters. The summed E-state index contributed by atoms with van der Waals surface area (Å²) < 4.78 is 0. The Bertz CT molecular complexity index is 1100. The minimum Gasteiger partial charge on any atom is -0.397 e. The van der Waals surface area contributed by atoms with Gasteiger partial charge in [-0.25, -0.2) is 0 Å². The fourth-order valence-corrected chi connectivity index (χ4v) is 3.53. The van der Waals surface area contributed by atoms with Gasteiger partial charge in [0.25, 0.3) is 5.91 Å². The molecule has 1 heterocycles. The lowest BCUT2D eigenvalue weighted by Gasteiger charge is -2.25. The number of halogens is 1. The zero-order valence-corrected chi connectivity index (χ0v) is 20.5. The molecule has 0 saturated heterocycles. The number of carbonyl (C=O) groups excluding carboxylic acids is 1. The molecular formula is C27H32ClN5O. The summed E-state index contributed by atoms with van der Waals surface area (Å²) in [5.41, 5.74) is 15.1. The first kappa shape index (κ1) is 26.8. The number of amides is 1. The van der Waals surface area contributed by atoms with E-state index in [0.29, 0.717) is 34.9 Å². The van der Waals surface area contributed by atoms with Crippen LogP contribution in [0.25, 0.3) is 0 Å². The van der Waals surface area contributed by atoms with E-state index in [4.69, 9.17) is 28.3 Å². The fourth-order valence-electron chi connectivity index (χ4n) is 3.35. The lowest BCUT2D eigenvalue weighted by Crippen LogP contribution is -2.37. The summed E-state index contributed by atoms with van der Waals surface area (Å²) in [4.78, 5) is 18.1. The van der Waals surface area contributed by atoms with Gasteiger partial charge in [0, 0.05) is 30.5 Å². The Labute approximate surface area is 207 Å². The second kappa shape index (κ2) is 14.0. The lowest BCUT2D eigenvalue weighted by molar-refractivity contribution is 0.0733. The summed E-state index contributed by atoms with van der Waals surface area (Å²) in [7, 11) is 0. The van der Waals surface area contributed by atoms with Crippen molar-refractivity contribution in [3.05, 3.63) is 94.3 Å². The molecule has 1 aromatic heterocycles. The Morgan fingerprint density at radius 2 is 1.91 bits per heavy atom. The number of nitrogen functional groups attached to an aromatic ring is 1. The van der Waals surface area contributed by atoms with E-state index in [9.17, 15) is 4.79 Å². The van der Waals surface area contributed by atoms with Gasteiger partial charge in [0.1, 0.15) is 0 Å². The summed E-state index contributed by atoms with van der Waals surface area (Å²) >= 11 is 6.09. The maximum atomic E-state index is 12.3. The Morgan fingerprint density at radius 1 is 1.18 bits per heavy atom. The Morgan fingerprint density at radius 3 is 2.53 bits per heavy atom. The predicted molar refractivity (Wildman–Crippen MR) is 138 cm³/mol. The minimum absolute atomic E-state index is 0.0306. The highest BCUT2D eigenvalue weighted by atomic mass is 35.5. The van der Waals surface area contributed by atoms with Gasteiger partial charge >= 0.3 is 0 Å². The molecule has 0 fully saturated rings. The molecule has 0 bridgehead atoms. The third-order valence-electron chi connectivity index (χ3n) is 5.13. The van der Waals surface area contributed by atoms with E-state index in [1.54, 1.807) is 24.4 Å². The van der Waals surface area contributed by atoms with Crippen molar-refractivity contribution in [2.75, 3.05) is 25.4 Å². The first-order chi connectivity index (χ1) is 16.4. The van der Waals surface area contributed by atoms with Crippen molar-refractivity contribution in [1.82, 2.24) is 9.88 Å². The molecule has 0 aliphatic carbocycles. The summed E-state index contributed by atoms with van der Waals surface area (Å²) in [6.07, 6.45) is 4.76. The van der Waals surface area contributed by atoms with Crippen LogP contribution in [0.15, 0.2) is 67.0 Å². The molecule has 0 aliphatic heterocycles. The highest BCUT2D eigenvalue weighted by molar-refractivity contribution is 6.31. The van der Waals surface area contributed by atoms with Gasteiger partial charge in [-0.3, -0.25) is 9.78 Å². The molecule has 1 unspecified atom stereocenters. The van der Waals surface area contributed by atoms with Crippen molar-refractivity contribution in [3.8, 4) is 6.07 Å². The molecule has 7 heteroatoms. The summed E-state index contributed by atoms with van der Waals surface area (Å²) in [6.45, 7) is 6.04. The normalized spacial score (nSPS) is 11.0. The molecular weight excluding hydrogens is 446 g/mol. The topological polar surface area (TPSA) is 109 Å². The van der Waals surface area contributed by atoms with Gasteiger partial charge in [-0.1, -0.05) is 55.8 Å². The van der Waals surface area contributed by atoms with E-state index in [1.165, 1.54) is 11.8 Å². The smallest absolute Gasteiger partial charge is 0.255 e. The van der Waals surface area contributed by atoms with Crippen LogP contribution in [0, 0.1) is 17.2 Å². The van der Waals surface area contributed by atoms with Gasteiger partial charge in [-0.05, 0) is 60.7 Å². The molecule has 3 aromatic rings. The molecule has 6 nitrogen and oxygen atoms in total. The molecule has 3 rings (SSSR count). The largest absolute Gasteiger partial charge is 0.397 e. The number of nitrogens with two attached hydrogens (primary N) is 2. The lowest BCUT2D eigenvalue weighted by atomic mass is 10.0. The van der Waals surface area contributed by atoms with E-state index in [-0.39, 0.29) is 11.8 Å². The van der Waals surface area contributed by atoms with Crippen LogP contribution < -0.4 is 11.5 Å². The number of pyridine rings is 1. The van der Waals surface area contributed by atoms with Crippen LogP contribution in [-0.4, -0.2) is 35.4 Å². The molecule has 0 saturated carbocycles. The van der Waals surface area contributed by atoms with Gasteiger partial charge < -0.3 is 16.4 Å². The third-order valence-corrected chi connectivity index (χ3v) is 5.50. The zero-order chi connectivity index (χ0) is 24.9. The molecule has 1 amide bonds. The van der Waals surface area contributed by atoms with Gasteiger partial charge in [-0.15, -0.1) is 0 Å². The van der Waals surface area contributed by atoms with Crippen LogP contribution >= 0.6 is 11.6 Å². The third kappa shape index (κ3) is 8.51. The van der Waals surface area contributed by atoms with Crippen molar-refractivity contribution in [2.45, 2.75) is 26.7 Å². The van der Waals surface area contributed by atoms with E-state index in [1.807, 2.05) is 43.0 Å². The quantitative estimate of drug-likeness (QED) is 0.478. The molecule has 178 valence electrons. The first-order valence-corrected chi connectivity index (χ1v) is 11.7. The van der Waals surface area contributed by atoms with Gasteiger partial charge in [-0.2, -0.15) is 5.26 Å². The van der Waals surface area contributed by atoms with Crippen molar-refractivity contribution in [3.63, 3.8) is 0 Å². The van der Waals surface area contributed by atoms with E-state index < -0.39 is 0 Å². The predicted octanol–water partition coefficient (Wildman–Crippen LogP) is 4.91. The highest BCUT2D eigenvalue weighted by Crippen LogP contribution is 2.20. The Hall–Kier alpha value is -3.40. The van der Waals surface area contributed by atoms with E-state index in [2.05, 4.69) is 23.2 Å². The van der Waals surface area contributed by atoms with Crippen molar-refractivity contribution in [2.24, 2.45) is 11.7 Å². The van der Waals surface area contributed by atoms with Crippen LogP contribution in [0.3, 0.4) is 0 Å². The Balaban J connectivity index is 0.000000241. The van der Waals surface area contributed by atoms with Crippen LogP contribution in [0.4, 0.5) is 5.69 Å². The Kier molecular flexibility index (Phi) is 11.0. The maximum Gasteiger partial charge on any atom is 0.255 e. The number of nitriles is 1. The number of hydrogen-bond acceptors (Lipinski definition) is 5. The number of benzene rings is 2. The molecule has 0 aliphatic rings. The number of hydrogen-bond donors (Lipinski definition) is 2. The average molecular weight is 478 g/mol. The second-order valence-corrected chi connectivity index (χ2v) is 8.59. The fraction of sp³-hybridized carbons (Fsp3) is 0.296. The van der Waals surface area contributed by atoms with Crippen molar-refractivity contribution < 1.29 is 4.79 Å². The summed E-state index contributed by atoms with van der Waals surface area (Å²) in [5.74, 6) is 0.256. The number of nitrogens with zero attached hydrogens (tertiary/aromatic N) is 3. The molecule has 4 N–H and O–H groups in total. The number of carbonyl (C=O) groups is 1. The summed E-state index contributed by atoms with van der Waals surface area (Å²) in [6, 6.07) is 19.2. The molecule has 0 radical (unpaired) electrons. The van der Waals surface area contributed by atoms with Crippen molar-refractivity contribution >= 4 is 23.2 Å². The monoisotopic (exact) mass is 477 g/mol. The minimum atomic E-state index is -0.0306.